The van der Waals surface area contributed by atoms with Crippen LogP contribution in [0.3, 0.4) is 0 Å². The molecule has 0 atom stereocenters. The molecule has 2 aliphatic rings. The molecule has 0 aromatic carbocycles. The third kappa shape index (κ3) is 2.74. The average Bonchev–Trinajstić information content (AvgIpc) is 2.29. The molecule has 110 valence electrons. The number of pyridine rings is 1. The van der Waals surface area contributed by atoms with E-state index in [4.69, 9.17) is 16.3 Å². The number of alkyl halides is 2. The third-order valence-corrected chi connectivity index (χ3v) is 4.43. The molecular weight excluding hydrogens is 286 g/mol. The SMILES string of the molecule is Cc1c(N2CC(OCC3CC(F)(F)C3)C2)ccnc1Cl. The summed E-state index contributed by atoms with van der Waals surface area (Å²) in [5, 5.41) is 0.517. The van der Waals surface area contributed by atoms with Crippen LogP contribution in [0.1, 0.15) is 18.4 Å². The van der Waals surface area contributed by atoms with Crippen LogP contribution in [0.2, 0.25) is 5.15 Å². The van der Waals surface area contributed by atoms with Crippen LogP contribution >= 0.6 is 11.6 Å². The van der Waals surface area contributed by atoms with Gasteiger partial charge in [-0.1, -0.05) is 11.6 Å². The molecule has 0 N–H and O–H groups in total. The summed E-state index contributed by atoms with van der Waals surface area (Å²) in [6.45, 7) is 3.95. The fraction of sp³-hybridized carbons (Fsp3) is 0.643. The zero-order valence-electron chi connectivity index (χ0n) is 11.3. The van der Waals surface area contributed by atoms with Gasteiger partial charge in [0.05, 0.1) is 12.7 Å². The molecule has 3 rings (SSSR count). The summed E-state index contributed by atoms with van der Waals surface area (Å²) in [6.07, 6.45) is 1.77. The number of nitrogens with zero attached hydrogens (tertiary/aromatic N) is 2. The van der Waals surface area contributed by atoms with E-state index in [1.165, 1.54) is 0 Å². The molecule has 3 nitrogen and oxygen atoms in total. The van der Waals surface area contributed by atoms with E-state index in [2.05, 4.69) is 9.88 Å². The molecule has 1 aliphatic carbocycles. The topological polar surface area (TPSA) is 25.4 Å². The van der Waals surface area contributed by atoms with Crippen LogP contribution in [-0.4, -0.2) is 36.7 Å². The normalized spacial score (nSPS) is 22.5. The van der Waals surface area contributed by atoms with Crippen molar-refractivity contribution in [2.75, 3.05) is 24.6 Å². The quantitative estimate of drug-likeness (QED) is 0.798. The summed E-state index contributed by atoms with van der Waals surface area (Å²) >= 11 is 5.99. The molecular formula is C14H17ClF2N2O. The molecule has 20 heavy (non-hydrogen) atoms. The molecule has 0 radical (unpaired) electrons. The van der Waals surface area contributed by atoms with E-state index in [9.17, 15) is 8.78 Å². The number of hydrogen-bond donors (Lipinski definition) is 0. The predicted octanol–water partition coefficient (Wildman–Crippen LogP) is 3.29. The van der Waals surface area contributed by atoms with Gasteiger partial charge in [0.1, 0.15) is 5.15 Å². The molecule has 1 saturated carbocycles. The first-order valence-corrected chi connectivity index (χ1v) is 7.18. The van der Waals surface area contributed by atoms with Crippen LogP contribution < -0.4 is 4.90 Å². The van der Waals surface area contributed by atoms with Crippen LogP contribution in [0, 0.1) is 12.8 Å². The van der Waals surface area contributed by atoms with E-state index in [1.54, 1.807) is 6.20 Å². The maximum absolute atomic E-state index is 12.7. The molecule has 0 amide bonds. The first-order chi connectivity index (χ1) is 9.44. The Hall–Kier alpha value is -0.940. The molecule has 0 bridgehead atoms. The molecule has 1 aliphatic heterocycles. The number of hydrogen-bond acceptors (Lipinski definition) is 3. The van der Waals surface area contributed by atoms with Crippen molar-refractivity contribution >= 4 is 17.3 Å². The highest BCUT2D eigenvalue weighted by Gasteiger charge is 2.45. The second-order valence-electron chi connectivity index (χ2n) is 5.74. The summed E-state index contributed by atoms with van der Waals surface area (Å²) in [5.74, 6) is -2.43. The lowest BCUT2D eigenvalue weighted by Gasteiger charge is -2.43. The van der Waals surface area contributed by atoms with Crippen molar-refractivity contribution in [3.63, 3.8) is 0 Å². The van der Waals surface area contributed by atoms with Gasteiger partial charge in [-0.3, -0.25) is 0 Å². The van der Waals surface area contributed by atoms with Crippen molar-refractivity contribution in [1.29, 1.82) is 0 Å². The number of halogens is 3. The number of rotatable bonds is 4. The Morgan fingerprint density at radius 3 is 2.80 bits per heavy atom. The zero-order chi connectivity index (χ0) is 14.3. The Labute approximate surface area is 121 Å². The third-order valence-electron chi connectivity index (χ3n) is 4.04. The summed E-state index contributed by atoms with van der Waals surface area (Å²) in [7, 11) is 0. The van der Waals surface area contributed by atoms with Crippen molar-refractivity contribution < 1.29 is 13.5 Å². The molecule has 1 aromatic heterocycles. The second kappa shape index (κ2) is 5.11. The van der Waals surface area contributed by atoms with Gasteiger partial charge < -0.3 is 9.64 Å². The fourth-order valence-electron chi connectivity index (χ4n) is 2.76. The number of ether oxygens (including phenoxy) is 1. The van der Waals surface area contributed by atoms with E-state index >= 15 is 0 Å². The largest absolute Gasteiger partial charge is 0.374 e. The Kier molecular flexibility index (Phi) is 3.58. The van der Waals surface area contributed by atoms with Gasteiger partial charge in [-0.05, 0) is 18.9 Å². The molecule has 2 heterocycles. The lowest BCUT2D eigenvalue weighted by atomic mass is 9.82. The van der Waals surface area contributed by atoms with E-state index < -0.39 is 5.92 Å². The maximum Gasteiger partial charge on any atom is 0.248 e. The minimum atomic E-state index is -2.45. The Balaban J connectivity index is 1.44. The summed E-state index contributed by atoms with van der Waals surface area (Å²) in [6, 6.07) is 1.93. The first-order valence-electron chi connectivity index (χ1n) is 6.80. The van der Waals surface area contributed by atoms with E-state index in [0.717, 1.165) is 24.3 Å². The molecule has 0 spiro atoms. The van der Waals surface area contributed by atoms with Crippen molar-refractivity contribution in [3.8, 4) is 0 Å². The number of aromatic nitrogens is 1. The van der Waals surface area contributed by atoms with Crippen molar-refractivity contribution in [2.24, 2.45) is 5.92 Å². The number of anilines is 1. The minimum Gasteiger partial charge on any atom is -0.374 e. The summed E-state index contributed by atoms with van der Waals surface area (Å²) < 4.78 is 31.1. The van der Waals surface area contributed by atoms with Gasteiger partial charge in [-0.25, -0.2) is 13.8 Å². The summed E-state index contributed by atoms with van der Waals surface area (Å²) in [5.41, 5.74) is 2.03. The van der Waals surface area contributed by atoms with Crippen molar-refractivity contribution in [3.05, 3.63) is 23.0 Å². The summed E-state index contributed by atoms with van der Waals surface area (Å²) in [4.78, 5) is 6.20. The zero-order valence-corrected chi connectivity index (χ0v) is 12.0. The molecule has 0 unspecified atom stereocenters. The monoisotopic (exact) mass is 302 g/mol. The minimum absolute atomic E-state index is 0.0242. The van der Waals surface area contributed by atoms with Crippen LogP contribution in [-0.2, 0) is 4.74 Å². The van der Waals surface area contributed by atoms with Gasteiger partial charge >= 0.3 is 0 Å². The van der Waals surface area contributed by atoms with Gasteiger partial charge in [-0.2, -0.15) is 0 Å². The lowest BCUT2D eigenvalue weighted by molar-refractivity contribution is -0.136. The van der Waals surface area contributed by atoms with Gasteiger partial charge in [0.15, 0.2) is 0 Å². The standard InChI is InChI=1S/C14H17ClF2N2O/c1-9-12(2-3-18-13(9)15)19-6-11(7-19)20-8-10-4-14(16,17)5-10/h2-3,10-11H,4-8H2,1H3. The van der Waals surface area contributed by atoms with Gasteiger partial charge in [0.25, 0.3) is 0 Å². The van der Waals surface area contributed by atoms with Crippen LogP contribution in [0.5, 0.6) is 0 Å². The van der Waals surface area contributed by atoms with Crippen molar-refractivity contribution in [2.45, 2.75) is 31.8 Å². The van der Waals surface area contributed by atoms with E-state index in [-0.39, 0.29) is 24.9 Å². The van der Waals surface area contributed by atoms with Crippen LogP contribution in [0.25, 0.3) is 0 Å². The first kappa shape index (κ1) is 14.0. The molecule has 6 heteroatoms. The predicted molar refractivity (Wildman–Crippen MR) is 73.6 cm³/mol. The maximum atomic E-state index is 12.7. The molecule has 1 aromatic rings. The Morgan fingerprint density at radius 2 is 2.15 bits per heavy atom. The molecule has 2 fully saturated rings. The van der Waals surface area contributed by atoms with Crippen LogP contribution in [0.15, 0.2) is 12.3 Å². The fourth-order valence-corrected chi connectivity index (χ4v) is 2.91. The van der Waals surface area contributed by atoms with Crippen molar-refractivity contribution in [1.82, 2.24) is 4.98 Å². The van der Waals surface area contributed by atoms with Gasteiger partial charge in [0.2, 0.25) is 5.92 Å². The Morgan fingerprint density at radius 1 is 1.45 bits per heavy atom. The average molecular weight is 303 g/mol. The van der Waals surface area contributed by atoms with E-state index in [0.29, 0.717) is 11.8 Å². The Bertz CT molecular complexity index is 498. The van der Waals surface area contributed by atoms with E-state index in [1.807, 2.05) is 13.0 Å². The highest BCUT2D eigenvalue weighted by Crippen LogP contribution is 2.42. The highest BCUT2D eigenvalue weighted by atomic mass is 35.5. The van der Waals surface area contributed by atoms with Gasteiger partial charge in [-0.15, -0.1) is 0 Å². The highest BCUT2D eigenvalue weighted by molar-refractivity contribution is 6.30. The lowest BCUT2D eigenvalue weighted by Crippen LogP contribution is -2.53. The second-order valence-corrected chi connectivity index (χ2v) is 6.09. The molecule has 1 saturated heterocycles. The smallest absolute Gasteiger partial charge is 0.248 e. The van der Waals surface area contributed by atoms with Crippen LogP contribution in [0.4, 0.5) is 14.5 Å². The van der Waals surface area contributed by atoms with Gasteiger partial charge in [0, 0.05) is 43.4 Å².